The lowest BCUT2D eigenvalue weighted by Crippen LogP contribution is -2.37. The van der Waals surface area contributed by atoms with E-state index >= 15 is 0 Å². The standard InChI is InChI=1S/C25H32N4O2/c1-20(17-26-23-15-16-29(27-23)24(30)31-25(2,3)4)28(18-21-11-7-5-8-12-21)19-22-13-9-6-10-14-22/h5-16,20H,17-19H2,1-4H3,(H,26,27). The molecule has 31 heavy (non-hydrogen) atoms. The minimum atomic E-state index is -0.555. The van der Waals surface area contributed by atoms with Gasteiger partial charge >= 0.3 is 6.09 Å². The van der Waals surface area contributed by atoms with Crippen LogP contribution < -0.4 is 5.32 Å². The molecule has 0 radical (unpaired) electrons. The first kappa shape index (κ1) is 22.6. The molecular weight excluding hydrogens is 388 g/mol. The molecule has 164 valence electrons. The summed E-state index contributed by atoms with van der Waals surface area (Å²) >= 11 is 0. The molecule has 1 aromatic heterocycles. The normalized spacial score (nSPS) is 12.5. The molecule has 0 aliphatic rings. The van der Waals surface area contributed by atoms with E-state index in [1.807, 2.05) is 32.9 Å². The second kappa shape index (κ2) is 10.3. The van der Waals surface area contributed by atoms with Gasteiger partial charge in [0.05, 0.1) is 0 Å². The van der Waals surface area contributed by atoms with Crippen molar-refractivity contribution in [3.8, 4) is 0 Å². The van der Waals surface area contributed by atoms with Gasteiger partial charge in [-0.1, -0.05) is 60.7 Å². The van der Waals surface area contributed by atoms with Gasteiger partial charge in [0, 0.05) is 37.9 Å². The second-order valence-corrected chi connectivity index (χ2v) is 8.73. The fraction of sp³-hybridized carbons (Fsp3) is 0.360. The van der Waals surface area contributed by atoms with Crippen molar-refractivity contribution in [3.63, 3.8) is 0 Å². The fourth-order valence-electron chi connectivity index (χ4n) is 3.21. The first-order chi connectivity index (χ1) is 14.8. The zero-order valence-electron chi connectivity index (χ0n) is 18.8. The molecule has 0 spiro atoms. The van der Waals surface area contributed by atoms with Crippen molar-refractivity contribution in [2.45, 2.75) is 52.4 Å². The second-order valence-electron chi connectivity index (χ2n) is 8.73. The third kappa shape index (κ3) is 7.26. The van der Waals surface area contributed by atoms with Crippen LogP contribution in [0, 0.1) is 0 Å². The van der Waals surface area contributed by atoms with Crippen molar-refractivity contribution < 1.29 is 9.53 Å². The van der Waals surface area contributed by atoms with Gasteiger partial charge in [0.15, 0.2) is 0 Å². The molecule has 3 aromatic rings. The summed E-state index contributed by atoms with van der Waals surface area (Å²) in [6.07, 6.45) is 1.13. The number of hydrogen-bond acceptors (Lipinski definition) is 5. The van der Waals surface area contributed by atoms with Crippen molar-refractivity contribution in [1.82, 2.24) is 14.7 Å². The van der Waals surface area contributed by atoms with Gasteiger partial charge in [-0.25, -0.2) is 4.79 Å². The Balaban J connectivity index is 1.63. The Hall–Kier alpha value is -3.12. The Labute approximate surface area is 184 Å². The van der Waals surface area contributed by atoms with Gasteiger partial charge < -0.3 is 10.1 Å². The monoisotopic (exact) mass is 420 g/mol. The number of ether oxygens (including phenoxy) is 1. The molecule has 2 aromatic carbocycles. The maximum atomic E-state index is 12.2. The summed E-state index contributed by atoms with van der Waals surface area (Å²) in [5, 5.41) is 7.66. The van der Waals surface area contributed by atoms with Crippen LogP contribution >= 0.6 is 0 Å². The molecule has 3 rings (SSSR count). The van der Waals surface area contributed by atoms with Crippen LogP contribution in [0.5, 0.6) is 0 Å². The summed E-state index contributed by atoms with van der Waals surface area (Å²) in [4.78, 5) is 14.6. The average Bonchev–Trinajstić information content (AvgIpc) is 3.21. The maximum Gasteiger partial charge on any atom is 0.435 e. The van der Waals surface area contributed by atoms with Crippen molar-refractivity contribution in [3.05, 3.63) is 84.1 Å². The Morgan fingerprint density at radius 1 is 1.00 bits per heavy atom. The molecule has 0 bridgehead atoms. The zero-order chi connectivity index (χ0) is 22.3. The summed E-state index contributed by atoms with van der Waals surface area (Å²) in [6, 6.07) is 23.0. The lowest BCUT2D eigenvalue weighted by atomic mass is 10.1. The predicted molar refractivity (Wildman–Crippen MR) is 124 cm³/mol. The van der Waals surface area contributed by atoms with Crippen LogP contribution in [0.15, 0.2) is 72.9 Å². The molecular formula is C25H32N4O2. The smallest absolute Gasteiger partial charge is 0.435 e. The highest BCUT2D eigenvalue weighted by atomic mass is 16.6. The van der Waals surface area contributed by atoms with Crippen LogP contribution in [0.1, 0.15) is 38.8 Å². The third-order valence-electron chi connectivity index (χ3n) is 4.83. The highest BCUT2D eigenvalue weighted by Gasteiger charge is 2.19. The number of nitrogens with one attached hydrogen (secondary N) is 1. The van der Waals surface area contributed by atoms with Gasteiger partial charge in [-0.05, 0) is 38.8 Å². The Morgan fingerprint density at radius 2 is 1.55 bits per heavy atom. The van der Waals surface area contributed by atoms with E-state index in [1.54, 1.807) is 12.3 Å². The van der Waals surface area contributed by atoms with Crippen molar-refractivity contribution >= 4 is 11.9 Å². The molecule has 1 atom stereocenters. The van der Waals surface area contributed by atoms with Gasteiger partial charge in [0.1, 0.15) is 11.4 Å². The van der Waals surface area contributed by atoms with E-state index in [9.17, 15) is 4.79 Å². The first-order valence-electron chi connectivity index (χ1n) is 10.6. The lowest BCUT2D eigenvalue weighted by Gasteiger charge is -2.29. The van der Waals surface area contributed by atoms with Crippen molar-refractivity contribution in [2.75, 3.05) is 11.9 Å². The number of benzene rings is 2. The van der Waals surface area contributed by atoms with Crippen LogP contribution in [-0.2, 0) is 17.8 Å². The summed E-state index contributed by atoms with van der Waals surface area (Å²) in [5.74, 6) is 0.650. The van der Waals surface area contributed by atoms with E-state index in [1.165, 1.54) is 15.8 Å². The third-order valence-corrected chi connectivity index (χ3v) is 4.83. The summed E-state index contributed by atoms with van der Waals surface area (Å²) in [6.45, 7) is 10.1. The Bertz CT molecular complexity index is 907. The summed E-state index contributed by atoms with van der Waals surface area (Å²) in [7, 11) is 0. The van der Waals surface area contributed by atoms with E-state index in [4.69, 9.17) is 4.74 Å². The van der Waals surface area contributed by atoms with E-state index in [0.29, 0.717) is 12.4 Å². The highest BCUT2D eigenvalue weighted by Crippen LogP contribution is 2.15. The molecule has 1 heterocycles. The van der Waals surface area contributed by atoms with Crippen molar-refractivity contribution in [2.24, 2.45) is 0 Å². The minimum absolute atomic E-state index is 0.243. The first-order valence-corrected chi connectivity index (χ1v) is 10.6. The molecule has 6 heteroatoms. The summed E-state index contributed by atoms with van der Waals surface area (Å²) < 4.78 is 6.59. The number of aromatic nitrogens is 2. The predicted octanol–water partition coefficient (Wildman–Crippen LogP) is 5.17. The van der Waals surface area contributed by atoms with Crippen LogP contribution in [0.2, 0.25) is 0 Å². The largest absolute Gasteiger partial charge is 0.442 e. The highest BCUT2D eigenvalue weighted by molar-refractivity contribution is 5.70. The topological polar surface area (TPSA) is 59.4 Å². The SMILES string of the molecule is CC(CNc1ccn(C(=O)OC(C)(C)C)n1)N(Cc1ccccc1)Cc1ccccc1. The molecule has 0 saturated carbocycles. The van der Waals surface area contributed by atoms with Crippen LogP contribution in [0.25, 0.3) is 0 Å². The van der Waals surface area contributed by atoms with Gasteiger partial charge in [-0.2, -0.15) is 4.68 Å². The molecule has 0 amide bonds. The Morgan fingerprint density at radius 3 is 2.06 bits per heavy atom. The van der Waals surface area contributed by atoms with Gasteiger partial charge in [-0.15, -0.1) is 5.10 Å². The van der Waals surface area contributed by atoms with E-state index in [-0.39, 0.29) is 6.04 Å². The molecule has 0 saturated heterocycles. The van der Waals surface area contributed by atoms with Crippen LogP contribution in [0.4, 0.5) is 10.6 Å². The van der Waals surface area contributed by atoms with Crippen molar-refractivity contribution in [1.29, 1.82) is 0 Å². The van der Waals surface area contributed by atoms with Gasteiger partial charge in [0.25, 0.3) is 0 Å². The van der Waals surface area contributed by atoms with E-state index in [0.717, 1.165) is 13.1 Å². The molecule has 0 aliphatic carbocycles. The Kier molecular flexibility index (Phi) is 7.47. The van der Waals surface area contributed by atoms with Crippen LogP contribution in [0.3, 0.4) is 0 Å². The number of hydrogen-bond donors (Lipinski definition) is 1. The average molecular weight is 421 g/mol. The van der Waals surface area contributed by atoms with Gasteiger partial charge in [-0.3, -0.25) is 4.90 Å². The molecule has 1 N–H and O–H groups in total. The minimum Gasteiger partial charge on any atom is -0.442 e. The van der Waals surface area contributed by atoms with E-state index < -0.39 is 11.7 Å². The van der Waals surface area contributed by atoms with E-state index in [2.05, 4.69) is 70.8 Å². The molecule has 0 aliphatic heterocycles. The lowest BCUT2D eigenvalue weighted by molar-refractivity contribution is 0.0515. The zero-order valence-corrected chi connectivity index (χ0v) is 18.8. The number of anilines is 1. The number of rotatable bonds is 8. The fourth-order valence-corrected chi connectivity index (χ4v) is 3.21. The molecule has 0 fully saturated rings. The molecule has 1 unspecified atom stereocenters. The maximum absolute atomic E-state index is 12.2. The van der Waals surface area contributed by atoms with Gasteiger partial charge in [0.2, 0.25) is 0 Å². The number of nitrogens with zero attached hydrogens (tertiary/aromatic N) is 3. The number of carbonyl (C=O) groups is 1. The quantitative estimate of drug-likeness (QED) is 0.545. The summed E-state index contributed by atoms with van der Waals surface area (Å²) in [5.41, 5.74) is 2.00. The van der Waals surface area contributed by atoms with Crippen LogP contribution in [-0.4, -0.2) is 39.0 Å². The molecule has 6 nitrogen and oxygen atoms in total. The number of carbonyl (C=O) groups excluding carboxylic acids is 1.